The monoisotopic (exact) mass is 291 g/mol. The van der Waals surface area contributed by atoms with Gasteiger partial charge in [-0.3, -0.25) is 4.79 Å². The number of piperidine rings is 1. The molecule has 1 aromatic heterocycles. The van der Waals surface area contributed by atoms with Crippen LogP contribution >= 0.6 is 11.8 Å². The quantitative estimate of drug-likeness (QED) is 0.852. The zero-order valence-corrected chi connectivity index (χ0v) is 11.9. The standard InChI is InChI=1S/C14H17N3O2S/c18-10-4-5-11-12(8-10)16-14(15-11)20-9-13(19)17-6-2-1-3-7-17/h4-5,8,18H,1-3,6-7,9H2,(H,15,16). The minimum absolute atomic E-state index is 0.179. The summed E-state index contributed by atoms with van der Waals surface area (Å²) < 4.78 is 0. The summed E-state index contributed by atoms with van der Waals surface area (Å²) in [7, 11) is 0. The number of imidazole rings is 1. The number of phenols is 1. The molecule has 2 N–H and O–H groups in total. The van der Waals surface area contributed by atoms with Gasteiger partial charge in [0, 0.05) is 19.2 Å². The van der Waals surface area contributed by atoms with Crippen molar-refractivity contribution in [2.24, 2.45) is 0 Å². The Kier molecular flexibility index (Phi) is 3.82. The highest BCUT2D eigenvalue weighted by molar-refractivity contribution is 7.99. The van der Waals surface area contributed by atoms with Gasteiger partial charge < -0.3 is 15.0 Å². The largest absolute Gasteiger partial charge is 0.508 e. The second-order valence-corrected chi connectivity index (χ2v) is 5.94. The third-order valence-corrected chi connectivity index (χ3v) is 4.34. The molecule has 0 saturated carbocycles. The number of nitrogens with zero attached hydrogens (tertiary/aromatic N) is 2. The average molecular weight is 291 g/mol. The van der Waals surface area contributed by atoms with Gasteiger partial charge in [0.15, 0.2) is 5.16 Å². The lowest BCUT2D eigenvalue weighted by molar-refractivity contribution is -0.129. The van der Waals surface area contributed by atoms with Gasteiger partial charge in [0.2, 0.25) is 5.91 Å². The number of nitrogens with one attached hydrogen (secondary N) is 1. The first-order valence-electron chi connectivity index (χ1n) is 6.82. The number of aromatic amines is 1. The zero-order valence-electron chi connectivity index (χ0n) is 11.1. The fourth-order valence-electron chi connectivity index (χ4n) is 2.41. The number of rotatable bonds is 3. The molecule has 0 atom stereocenters. The molecule has 0 spiro atoms. The van der Waals surface area contributed by atoms with Crippen molar-refractivity contribution in [3.63, 3.8) is 0 Å². The van der Waals surface area contributed by atoms with Crippen LogP contribution < -0.4 is 0 Å². The predicted molar refractivity (Wildman–Crippen MR) is 78.9 cm³/mol. The summed E-state index contributed by atoms with van der Waals surface area (Å²) in [5.74, 6) is 0.798. The molecule has 0 radical (unpaired) electrons. The number of amides is 1. The van der Waals surface area contributed by atoms with E-state index in [4.69, 9.17) is 0 Å². The van der Waals surface area contributed by atoms with Gasteiger partial charge >= 0.3 is 0 Å². The summed E-state index contributed by atoms with van der Waals surface area (Å²) in [6.07, 6.45) is 3.45. The van der Waals surface area contributed by atoms with Crippen LogP contribution in [0, 0.1) is 0 Å². The van der Waals surface area contributed by atoms with E-state index < -0.39 is 0 Å². The van der Waals surface area contributed by atoms with Crippen molar-refractivity contribution in [3.8, 4) is 5.75 Å². The Hall–Kier alpha value is -1.69. The fourth-order valence-corrected chi connectivity index (χ4v) is 3.20. The molecule has 2 aromatic rings. The van der Waals surface area contributed by atoms with E-state index in [-0.39, 0.29) is 11.7 Å². The number of hydrogen-bond donors (Lipinski definition) is 2. The van der Waals surface area contributed by atoms with Crippen molar-refractivity contribution in [1.82, 2.24) is 14.9 Å². The molecular weight excluding hydrogens is 274 g/mol. The summed E-state index contributed by atoms with van der Waals surface area (Å²) in [4.78, 5) is 21.5. The number of carbonyl (C=O) groups is 1. The van der Waals surface area contributed by atoms with Crippen molar-refractivity contribution in [3.05, 3.63) is 18.2 Å². The summed E-state index contributed by atoms with van der Waals surface area (Å²) in [6.45, 7) is 1.76. The molecule has 20 heavy (non-hydrogen) atoms. The Morgan fingerprint density at radius 1 is 1.35 bits per heavy atom. The van der Waals surface area contributed by atoms with E-state index >= 15 is 0 Å². The average Bonchev–Trinajstić information content (AvgIpc) is 2.87. The maximum Gasteiger partial charge on any atom is 0.233 e. The van der Waals surface area contributed by atoms with Gasteiger partial charge in [-0.15, -0.1) is 0 Å². The first-order valence-corrected chi connectivity index (χ1v) is 7.80. The van der Waals surface area contributed by atoms with Crippen LogP contribution in [0.1, 0.15) is 19.3 Å². The summed E-state index contributed by atoms with van der Waals surface area (Å²) in [6, 6.07) is 5.01. The zero-order chi connectivity index (χ0) is 13.9. The molecule has 5 nitrogen and oxygen atoms in total. The third-order valence-electron chi connectivity index (χ3n) is 3.48. The van der Waals surface area contributed by atoms with Gasteiger partial charge in [0.25, 0.3) is 0 Å². The van der Waals surface area contributed by atoms with E-state index in [9.17, 15) is 9.90 Å². The van der Waals surface area contributed by atoms with Crippen LogP contribution in [0.3, 0.4) is 0 Å². The van der Waals surface area contributed by atoms with Crippen molar-refractivity contribution < 1.29 is 9.90 Å². The number of phenolic OH excluding ortho intramolecular Hbond substituents is 1. The number of fused-ring (bicyclic) bond motifs is 1. The van der Waals surface area contributed by atoms with Crippen LogP contribution in [-0.2, 0) is 4.79 Å². The summed E-state index contributed by atoms with van der Waals surface area (Å²) in [5, 5.41) is 10.1. The highest BCUT2D eigenvalue weighted by Gasteiger charge is 2.17. The first-order chi connectivity index (χ1) is 9.72. The van der Waals surface area contributed by atoms with Crippen LogP contribution in [-0.4, -0.2) is 44.7 Å². The molecule has 1 aromatic carbocycles. The number of benzene rings is 1. The van der Waals surface area contributed by atoms with Gasteiger partial charge in [0.1, 0.15) is 5.75 Å². The van der Waals surface area contributed by atoms with E-state index in [1.54, 1.807) is 18.2 Å². The Labute approximate surface area is 121 Å². The van der Waals surface area contributed by atoms with E-state index in [0.717, 1.165) is 42.1 Å². The summed E-state index contributed by atoms with van der Waals surface area (Å²) in [5.41, 5.74) is 1.59. The Bertz CT molecular complexity index is 620. The molecule has 3 rings (SSSR count). The smallest absolute Gasteiger partial charge is 0.233 e. The lowest BCUT2D eigenvalue weighted by Crippen LogP contribution is -2.36. The number of thioether (sulfide) groups is 1. The maximum atomic E-state index is 12.1. The third kappa shape index (κ3) is 2.90. The normalized spacial score (nSPS) is 15.7. The molecule has 0 bridgehead atoms. The number of likely N-dealkylation sites (tertiary alicyclic amines) is 1. The second-order valence-electron chi connectivity index (χ2n) is 4.97. The van der Waals surface area contributed by atoms with Crippen LogP contribution in [0.15, 0.2) is 23.4 Å². The topological polar surface area (TPSA) is 69.2 Å². The Morgan fingerprint density at radius 3 is 2.95 bits per heavy atom. The number of H-pyrrole nitrogens is 1. The number of hydrogen-bond acceptors (Lipinski definition) is 4. The highest BCUT2D eigenvalue weighted by Crippen LogP contribution is 2.23. The number of aromatic hydroxyl groups is 1. The molecule has 1 aliphatic rings. The number of aromatic nitrogens is 2. The van der Waals surface area contributed by atoms with Gasteiger partial charge in [-0.25, -0.2) is 4.98 Å². The van der Waals surface area contributed by atoms with Crippen LogP contribution in [0.4, 0.5) is 0 Å². The van der Waals surface area contributed by atoms with Crippen molar-refractivity contribution in [2.45, 2.75) is 24.4 Å². The fraction of sp³-hybridized carbons (Fsp3) is 0.429. The van der Waals surface area contributed by atoms with Gasteiger partial charge in [-0.2, -0.15) is 0 Å². The Morgan fingerprint density at radius 2 is 2.15 bits per heavy atom. The van der Waals surface area contributed by atoms with Crippen LogP contribution in [0.2, 0.25) is 0 Å². The second kappa shape index (κ2) is 5.75. The van der Waals surface area contributed by atoms with E-state index in [1.165, 1.54) is 18.2 Å². The van der Waals surface area contributed by atoms with Crippen LogP contribution in [0.25, 0.3) is 11.0 Å². The highest BCUT2D eigenvalue weighted by atomic mass is 32.2. The van der Waals surface area contributed by atoms with E-state index in [0.29, 0.717) is 5.75 Å². The molecule has 1 amide bonds. The lowest BCUT2D eigenvalue weighted by atomic mass is 10.1. The van der Waals surface area contributed by atoms with Crippen LogP contribution in [0.5, 0.6) is 5.75 Å². The molecular formula is C14H17N3O2S. The molecule has 0 unspecified atom stereocenters. The predicted octanol–water partition coefficient (Wildman–Crippen LogP) is 2.37. The molecule has 1 fully saturated rings. The van der Waals surface area contributed by atoms with Crippen molar-refractivity contribution in [2.75, 3.05) is 18.8 Å². The van der Waals surface area contributed by atoms with Gasteiger partial charge in [-0.05, 0) is 31.4 Å². The minimum Gasteiger partial charge on any atom is -0.508 e. The number of carbonyl (C=O) groups excluding carboxylic acids is 1. The van der Waals surface area contributed by atoms with E-state index in [1.807, 2.05) is 4.90 Å². The SMILES string of the molecule is O=C(CSc1nc2ccc(O)cc2[nH]1)N1CCCCC1. The molecule has 1 aliphatic heterocycles. The molecule has 0 aliphatic carbocycles. The van der Waals surface area contributed by atoms with Crippen molar-refractivity contribution in [1.29, 1.82) is 0 Å². The minimum atomic E-state index is 0.179. The molecule has 106 valence electrons. The van der Waals surface area contributed by atoms with Gasteiger partial charge in [-0.1, -0.05) is 11.8 Å². The molecule has 1 saturated heterocycles. The molecule has 2 heterocycles. The van der Waals surface area contributed by atoms with Crippen molar-refractivity contribution >= 4 is 28.7 Å². The van der Waals surface area contributed by atoms with E-state index in [2.05, 4.69) is 9.97 Å². The maximum absolute atomic E-state index is 12.1. The Balaban J connectivity index is 1.63. The first kappa shape index (κ1) is 13.3. The van der Waals surface area contributed by atoms with Gasteiger partial charge in [0.05, 0.1) is 16.8 Å². The molecule has 6 heteroatoms. The summed E-state index contributed by atoms with van der Waals surface area (Å²) >= 11 is 1.41. The lowest BCUT2D eigenvalue weighted by Gasteiger charge is -2.26.